The molecule has 0 aliphatic heterocycles. The van der Waals surface area contributed by atoms with Gasteiger partial charge in [0.1, 0.15) is 0 Å². The number of hydrogen-bond acceptors (Lipinski definition) is 1. The van der Waals surface area contributed by atoms with E-state index in [0.717, 1.165) is 18.2 Å². The largest absolute Gasteiger partial charge is 0.460 e. The van der Waals surface area contributed by atoms with Gasteiger partial charge in [-0.05, 0) is 6.07 Å². The van der Waals surface area contributed by atoms with E-state index >= 15 is 0 Å². The molecule has 1 nitrogen and oxygen atoms in total. The standard InChI is InChI=1S/C9H6F7N/c10-7(11,8(12,13)9(14,15)16)5-3-1-2-4-6(5)17/h1-4H,17H2. The molecule has 0 aliphatic carbocycles. The van der Waals surface area contributed by atoms with E-state index in [0.29, 0.717) is 6.07 Å². The third-order valence-electron chi connectivity index (χ3n) is 2.05. The lowest BCUT2D eigenvalue weighted by molar-refractivity contribution is -0.359. The minimum Gasteiger partial charge on any atom is -0.398 e. The number of benzene rings is 1. The lowest BCUT2D eigenvalue weighted by Crippen LogP contribution is -2.50. The van der Waals surface area contributed by atoms with E-state index < -0.39 is 29.3 Å². The molecule has 0 saturated heterocycles. The first-order valence-electron chi connectivity index (χ1n) is 4.19. The molecule has 0 saturated carbocycles. The molecule has 1 aromatic rings. The fourth-order valence-electron chi connectivity index (χ4n) is 1.13. The molecular weight excluding hydrogens is 255 g/mol. The van der Waals surface area contributed by atoms with Crippen molar-refractivity contribution in [1.82, 2.24) is 0 Å². The highest BCUT2D eigenvalue weighted by molar-refractivity contribution is 5.49. The molecule has 17 heavy (non-hydrogen) atoms. The van der Waals surface area contributed by atoms with Gasteiger partial charge in [0, 0.05) is 5.69 Å². The zero-order chi connectivity index (χ0) is 13.5. The van der Waals surface area contributed by atoms with Crippen LogP contribution in [0.15, 0.2) is 24.3 Å². The second-order valence-electron chi connectivity index (χ2n) is 3.23. The summed E-state index contributed by atoms with van der Waals surface area (Å²) in [5.74, 6) is -11.6. The van der Waals surface area contributed by atoms with Gasteiger partial charge < -0.3 is 5.73 Å². The minimum absolute atomic E-state index is 0.426. The van der Waals surface area contributed by atoms with Gasteiger partial charge in [0.15, 0.2) is 0 Å². The normalized spacial score (nSPS) is 13.8. The fourth-order valence-corrected chi connectivity index (χ4v) is 1.13. The van der Waals surface area contributed by atoms with Crippen molar-refractivity contribution in [3.63, 3.8) is 0 Å². The van der Waals surface area contributed by atoms with Crippen molar-refractivity contribution in [3.05, 3.63) is 29.8 Å². The predicted molar refractivity (Wildman–Crippen MR) is 45.8 cm³/mol. The number of halogens is 7. The summed E-state index contributed by atoms with van der Waals surface area (Å²) in [5.41, 5.74) is 2.58. The van der Waals surface area contributed by atoms with Crippen molar-refractivity contribution in [3.8, 4) is 0 Å². The number of anilines is 1. The molecule has 0 heterocycles. The van der Waals surface area contributed by atoms with Gasteiger partial charge in [0.05, 0.1) is 5.56 Å². The van der Waals surface area contributed by atoms with Crippen LogP contribution in [0.3, 0.4) is 0 Å². The van der Waals surface area contributed by atoms with Crippen LogP contribution in [-0.4, -0.2) is 12.1 Å². The quantitative estimate of drug-likeness (QED) is 0.639. The second kappa shape index (κ2) is 3.78. The Morgan fingerprint density at radius 1 is 0.824 bits per heavy atom. The van der Waals surface area contributed by atoms with Crippen molar-refractivity contribution in [2.75, 3.05) is 5.73 Å². The van der Waals surface area contributed by atoms with Crippen molar-refractivity contribution in [1.29, 1.82) is 0 Å². The van der Waals surface area contributed by atoms with Crippen molar-refractivity contribution < 1.29 is 30.7 Å². The van der Waals surface area contributed by atoms with Gasteiger partial charge in [-0.15, -0.1) is 0 Å². The van der Waals surface area contributed by atoms with E-state index in [9.17, 15) is 30.7 Å². The lowest BCUT2D eigenvalue weighted by Gasteiger charge is -2.29. The van der Waals surface area contributed by atoms with Gasteiger partial charge in [-0.2, -0.15) is 30.7 Å². The highest BCUT2D eigenvalue weighted by atomic mass is 19.4. The summed E-state index contributed by atoms with van der Waals surface area (Å²) < 4.78 is 87.2. The summed E-state index contributed by atoms with van der Waals surface area (Å²) in [7, 11) is 0. The summed E-state index contributed by atoms with van der Waals surface area (Å²) >= 11 is 0. The Morgan fingerprint density at radius 3 is 1.71 bits per heavy atom. The number of rotatable bonds is 2. The molecular formula is C9H6F7N. The van der Waals surface area contributed by atoms with E-state index in [1.54, 1.807) is 0 Å². The maximum absolute atomic E-state index is 13.1. The Balaban J connectivity index is 3.34. The first-order chi connectivity index (χ1) is 7.52. The second-order valence-corrected chi connectivity index (χ2v) is 3.23. The summed E-state index contributed by atoms with van der Waals surface area (Å²) in [6, 6.07) is 3.28. The molecule has 0 aromatic heterocycles. The molecule has 0 atom stereocenters. The van der Waals surface area contributed by atoms with Gasteiger partial charge in [-0.25, -0.2) is 0 Å². The summed E-state index contributed by atoms with van der Waals surface area (Å²) in [4.78, 5) is 0. The molecule has 0 radical (unpaired) electrons. The number of nitrogen functional groups attached to an aromatic ring is 1. The summed E-state index contributed by atoms with van der Waals surface area (Å²) in [6.07, 6.45) is -6.36. The predicted octanol–water partition coefficient (Wildman–Crippen LogP) is 3.56. The van der Waals surface area contributed by atoms with Gasteiger partial charge in [0.25, 0.3) is 0 Å². The maximum Gasteiger partial charge on any atom is 0.460 e. The molecule has 0 fully saturated rings. The van der Waals surface area contributed by atoms with Crippen LogP contribution in [0.2, 0.25) is 0 Å². The molecule has 0 aliphatic rings. The van der Waals surface area contributed by atoms with Crippen molar-refractivity contribution in [2.45, 2.75) is 18.0 Å². The van der Waals surface area contributed by atoms with Gasteiger partial charge >= 0.3 is 18.0 Å². The number of nitrogens with two attached hydrogens (primary N) is 1. The first kappa shape index (κ1) is 13.6. The van der Waals surface area contributed by atoms with Crippen LogP contribution in [0.5, 0.6) is 0 Å². The zero-order valence-corrected chi connectivity index (χ0v) is 8.03. The van der Waals surface area contributed by atoms with Crippen LogP contribution in [0.1, 0.15) is 5.56 Å². The van der Waals surface area contributed by atoms with Gasteiger partial charge in [0.2, 0.25) is 0 Å². The van der Waals surface area contributed by atoms with Gasteiger partial charge in [-0.1, -0.05) is 18.2 Å². The highest BCUT2D eigenvalue weighted by Crippen LogP contribution is 2.52. The zero-order valence-electron chi connectivity index (χ0n) is 8.03. The van der Waals surface area contributed by atoms with Crippen LogP contribution in [-0.2, 0) is 5.92 Å². The molecule has 96 valence electrons. The van der Waals surface area contributed by atoms with Crippen LogP contribution in [0.25, 0.3) is 0 Å². The number of alkyl halides is 7. The molecule has 0 amide bonds. The highest BCUT2D eigenvalue weighted by Gasteiger charge is 2.73. The Kier molecular flexibility index (Phi) is 3.02. The first-order valence-corrected chi connectivity index (χ1v) is 4.19. The Morgan fingerprint density at radius 2 is 1.29 bits per heavy atom. The van der Waals surface area contributed by atoms with E-state index in [2.05, 4.69) is 0 Å². The lowest BCUT2D eigenvalue weighted by atomic mass is 10.00. The Hall–Kier alpha value is -1.47. The van der Waals surface area contributed by atoms with E-state index in [4.69, 9.17) is 5.73 Å². The fraction of sp³-hybridized carbons (Fsp3) is 0.333. The van der Waals surface area contributed by atoms with E-state index in [-0.39, 0.29) is 0 Å². The van der Waals surface area contributed by atoms with Crippen molar-refractivity contribution >= 4 is 5.69 Å². The SMILES string of the molecule is Nc1ccccc1C(F)(F)C(F)(F)C(F)(F)F. The topological polar surface area (TPSA) is 26.0 Å². The van der Waals surface area contributed by atoms with Crippen LogP contribution in [0.4, 0.5) is 36.4 Å². The molecule has 0 bridgehead atoms. The molecule has 8 heteroatoms. The monoisotopic (exact) mass is 261 g/mol. The van der Waals surface area contributed by atoms with E-state index in [1.165, 1.54) is 0 Å². The van der Waals surface area contributed by atoms with Crippen LogP contribution >= 0.6 is 0 Å². The van der Waals surface area contributed by atoms with E-state index in [1.807, 2.05) is 0 Å². The van der Waals surface area contributed by atoms with Crippen molar-refractivity contribution in [2.24, 2.45) is 0 Å². The third-order valence-corrected chi connectivity index (χ3v) is 2.05. The Bertz CT molecular complexity index is 410. The van der Waals surface area contributed by atoms with Crippen LogP contribution < -0.4 is 5.73 Å². The molecule has 0 spiro atoms. The van der Waals surface area contributed by atoms with Crippen LogP contribution in [0, 0.1) is 0 Å². The third kappa shape index (κ3) is 2.03. The molecule has 1 aromatic carbocycles. The average molecular weight is 261 g/mol. The van der Waals surface area contributed by atoms with Gasteiger partial charge in [-0.3, -0.25) is 0 Å². The Labute approximate surface area is 91.0 Å². The number of para-hydroxylation sites is 1. The average Bonchev–Trinajstić information content (AvgIpc) is 2.16. The molecule has 1 rings (SSSR count). The summed E-state index contributed by atoms with van der Waals surface area (Å²) in [5, 5.41) is 0. The maximum atomic E-state index is 13.1. The molecule has 2 N–H and O–H groups in total. The number of hydrogen-bond donors (Lipinski definition) is 1. The minimum atomic E-state index is -6.36. The summed E-state index contributed by atoms with van der Waals surface area (Å²) in [6.45, 7) is 0. The molecule has 0 unspecified atom stereocenters. The smallest absolute Gasteiger partial charge is 0.398 e.